The van der Waals surface area contributed by atoms with Gasteiger partial charge in [-0.1, -0.05) is 42.5 Å². The van der Waals surface area contributed by atoms with E-state index in [0.717, 1.165) is 58.0 Å². The predicted octanol–water partition coefficient (Wildman–Crippen LogP) is 3.56. The van der Waals surface area contributed by atoms with E-state index in [1.807, 2.05) is 30.3 Å². The van der Waals surface area contributed by atoms with Gasteiger partial charge in [0.1, 0.15) is 0 Å². The highest BCUT2D eigenvalue weighted by Crippen LogP contribution is 2.30. The van der Waals surface area contributed by atoms with Crippen LogP contribution in [0.5, 0.6) is 0 Å². The summed E-state index contributed by atoms with van der Waals surface area (Å²) >= 11 is 0. The van der Waals surface area contributed by atoms with E-state index in [4.69, 9.17) is 4.74 Å². The molecule has 0 radical (unpaired) electrons. The summed E-state index contributed by atoms with van der Waals surface area (Å²) < 4.78 is 5.41. The van der Waals surface area contributed by atoms with E-state index in [0.29, 0.717) is 23.4 Å². The van der Waals surface area contributed by atoms with E-state index >= 15 is 0 Å². The lowest BCUT2D eigenvalue weighted by Gasteiger charge is -2.32. The summed E-state index contributed by atoms with van der Waals surface area (Å²) in [5.41, 5.74) is 5.27. The summed E-state index contributed by atoms with van der Waals surface area (Å²) in [5.74, 6) is -0.332. The third-order valence-electron chi connectivity index (χ3n) is 6.82. The third kappa shape index (κ3) is 5.75. The van der Waals surface area contributed by atoms with E-state index in [2.05, 4.69) is 44.7 Å². The molecule has 5 rings (SSSR count). The van der Waals surface area contributed by atoms with Crippen molar-refractivity contribution in [2.24, 2.45) is 0 Å². The highest BCUT2D eigenvalue weighted by Gasteiger charge is 2.22. The molecule has 0 spiro atoms. The van der Waals surface area contributed by atoms with Gasteiger partial charge in [-0.05, 0) is 47.9 Å². The topological polar surface area (TPSA) is 73.9 Å². The second-order valence-electron chi connectivity index (χ2n) is 9.20. The largest absolute Gasteiger partial charge is 0.379 e. The molecule has 36 heavy (non-hydrogen) atoms. The minimum absolute atomic E-state index is 0.132. The van der Waals surface area contributed by atoms with Crippen LogP contribution in [-0.4, -0.2) is 62.7 Å². The van der Waals surface area contributed by atoms with Gasteiger partial charge in [0.2, 0.25) is 0 Å². The van der Waals surface area contributed by atoms with Crippen LogP contribution < -0.4 is 15.5 Å². The number of anilines is 2. The molecule has 2 heterocycles. The molecule has 2 aliphatic heterocycles. The van der Waals surface area contributed by atoms with E-state index < -0.39 is 0 Å². The summed E-state index contributed by atoms with van der Waals surface area (Å²) in [6.07, 6.45) is 0.931. The van der Waals surface area contributed by atoms with Crippen molar-refractivity contribution in [1.82, 2.24) is 10.2 Å². The molecule has 0 unspecified atom stereocenters. The Bertz CT molecular complexity index is 1210. The van der Waals surface area contributed by atoms with E-state index in [1.165, 1.54) is 11.1 Å². The first kappa shape index (κ1) is 24.0. The van der Waals surface area contributed by atoms with Crippen LogP contribution in [0.1, 0.15) is 31.8 Å². The highest BCUT2D eigenvalue weighted by atomic mass is 16.5. The van der Waals surface area contributed by atoms with Gasteiger partial charge in [0.25, 0.3) is 11.8 Å². The second-order valence-corrected chi connectivity index (χ2v) is 9.20. The molecular weight excluding hydrogens is 452 g/mol. The van der Waals surface area contributed by atoms with Crippen LogP contribution in [0, 0.1) is 0 Å². The molecule has 7 heteroatoms. The molecule has 186 valence electrons. The lowest BCUT2D eigenvalue weighted by atomic mass is 9.98. The molecule has 0 saturated carbocycles. The first-order chi connectivity index (χ1) is 17.7. The number of carbonyl (C=O) groups excluding carboxylic acids is 2. The maximum atomic E-state index is 13.4. The Morgan fingerprint density at radius 1 is 0.833 bits per heavy atom. The fraction of sp³-hybridized carbons (Fsp3) is 0.310. The third-order valence-corrected chi connectivity index (χ3v) is 6.82. The van der Waals surface area contributed by atoms with Gasteiger partial charge in [0.05, 0.1) is 18.8 Å². The number of nitrogens with one attached hydrogen (secondary N) is 2. The van der Waals surface area contributed by atoms with Crippen molar-refractivity contribution >= 4 is 23.2 Å². The van der Waals surface area contributed by atoms with E-state index in [1.54, 1.807) is 18.2 Å². The molecule has 0 aromatic heterocycles. The van der Waals surface area contributed by atoms with Crippen LogP contribution in [0.4, 0.5) is 11.4 Å². The number of ether oxygens (including phenoxy) is 1. The fourth-order valence-electron chi connectivity index (χ4n) is 4.81. The quantitative estimate of drug-likeness (QED) is 0.537. The smallest absolute Gasteiger partial charge is 0.255 e. The number of hydrogen-bond acceptors (Lipinski definition) is 5. The zero-order chi connectivity index (χ0) is 24.7. The monoisotopic (exact) mass is 484 g/mol. The average Bonchev–Trinajstić information content (AvgIpc) is 2.93. The number of nitrogens with zero attached hydrogens (tertiary/aromatic N) is 2. The molecule has 2 N–H and O–H groups in total. The molecule has 7 nitrogen and oxygen atoms in total. The zero-order valence-electron chi connectivity index (χ0n) is 20.4. The fourth-order valence-corrected chi connectivity index (χ4v) is 4.81. The maximum Gasteiger partial charge on any atom is 0.255 e. The molecule has 2 amide bonds. The lowest BCUT2D eigenvalue weighted by Crippen LogP contribution is -2.41. The van der Waals surface area contributed by atoms with Gasteiger partial charge in [0.15, 0.2) is 0 Å². The van der Waals surface area contributed by atoms with Gasteiger partial charge in [-0.25, -0.2) is 0 Å². The van der Waals surface area contributed by atoms with Crippen molar-refractivity contribution in [3.8, 4) is 0 Å². The van der Waals surface area contributed by atoms with Gasteiger partial charge >= 0.3 is 0 Å². The minimum Gasteiger partial charge on any atom is -0.379 e. The second kappa shape index (κ2) is 11.4. The summed E-state index contributed by atoms with van der Waals surface area (Å²) in [6.45, 7) is 6.16. The Morgan fingerprint density at radius 3 is 2.39 bits per heavy atom. The molecule has 1 saturated heterocycles. The summed E-state index contributed by atoms with van der Waals surface area (Å²) in [7, 11) is 0. The Labute approximate surface area is 212 Å². The number of carbonyl (C=O) groups is 2. The van der Waals surface area contributed by atoms with Crippen molar-refractivity contribution < 1.29 is 14.3 Å². The van der Waals surface area contributed by atoms with E-state index in [-0.39, 0.29) is 11.8 Å². The van der Waals surface area contributed by atoms with Crippen LogP contribution in [-0.2, 0) is 17.7 Å². The van der Waals surface area contributed by atoms with Crippen molar-refractivity contribution in [2.75, 3.05) is 56.2 Å². The van der Waals surface area contributed by atoms with Gasteiger partial charge in [0, 0.05) is 56.2 Å². The Morgan fingerprint density at radius 2 is 1.58 bits per heavy atom. The van der Waals surface area contributed by atoms with E-state index in [9.17, 15) is 9.59 Å². The van der Waals surface area contributed by atoms with Crippen molar-refractivity contribution in [2.45, 2.75) is 13.0 Å². The molecule has 0 atom stereocenters. The predicted molar refractivity (Wildman–Crippen MR) is 142 cm³/mol. The molecule has 3 aromatic carbocycles. The van der Waals surface area contributed by atoms with Crippen LogP contribution in [0.25, 0.3) is 0 Å². The summed E-state index contributed by atoms with van der Waals surface area (Å²) in [6, 6.07) is 23.2. The minimum atomic E-state index is -0.200. The molecule has 1 fully saturated rings. The van der Waals surface area contributed by atoms with Crippen LogP contribution in [0.2, 0.25) is 0 Å². The molecule has 2 aliphatic rings. The molecule has 3 aromatic rings. The number of amides is 2. The van der Waals surface area contributed by atoms with Gasteiger partial charge in [-0.15, -0.1) is 0 Å². The van der Waals surface area contributed by atoms with Crippen molar-refractivity contribution in [3.05, 3.63) is 95.1 Å². The highest BCUT2D eigenvalue weighted by molar-refractivity contribution is 6.06. The number of hydrogen-bond donors (Lipinski definition) is 2. The van der Waals surface area contributed by atoms with Crippen LogP contribution in [0.3, 0.4) is 0 Å². The normalized spacial score (nSPS) is 15.7. The molecular formula is C29H32N4O3. The Kier molecular flexibility index (Phi) is 7.59. The number of benzene rings is 3. The van der Waals surface area contributed by atoms with Gasteiger partial charge in [-0.2, -0.15) is 0 Å². The summed E-state index contributed by atoms with van der Waals surface area (Å²) in [4.78, 5) is 30.7. The number of morpholine rings is 1. The van der Waals surface area contributed by atoms with Crippen molar-refractivity contribution in [1.29, 1.82) is 0 Å². The first-order valence-corrected chi connectivity index (χ1v) is 12.6. The first-order valence-electron chi connectivity index (χ1n) is 12.6. The SMILES string of the molecule is O=C(Nc1ccc(N2CCc3ccccc3C2)c(C(=O)NCCN2CCOCC2)c1)c1ccccc1. The molecule has 0 bridgehead atoms. The Balaban J connectivity index is 1.35. The Hall–Kier alpha value is -3.68. The maximum absolute atomic E-state index is 13.4. The summed E-state index contributed by atoms with van der Waals surface area (Å²) in [5, 5.41) is 6.04. The zero-order valence-corrected chi connectivity index (χ0v) is 20.4. The van der Waals surface area contributed by atoms with Crippen LogP contribution in [0.15, 0.2) is 72.8 Å². The van der Waals surface area contributed by atoms with Gasteiger partial charge < -0.3 is 20.3 Å². The number of fused-ring (bicyclic) bond motifs is 1. The van der Waals surface area contributed by atoms with Crippen molar-refractivity contribution in [3.63, 3.8) is 0 Å². The van der Waals surface area contributed by atoms with Crippen LogP contribution >= 0.6 is 0 Å². The average molecular weight is 485 g/mol. The lowest BCUT2D eigenvalue weighted by molar-refractivity contribution is 0.0383. The standard InChI is InChI=1S/C29H32N4O3/c34-28(23-7-2-1-3-8-23)31-25-10-11-27(33-14-12-22-6-4-5-9-24(22)21-33)26(20-25)29(35)30-13-15-32-16-18-36-19-17-32/h1-11,20H,12-19,21H2,(H,30,35)(H,31,34). The number of rotatable bonds is 7. The molecule has 0 aliphatic carbocycles. The van der Waals surface area contributed by atoms with Gasteiger partial charge in [-0.3, -0.25) is 14.5 Å².